The van der Waals surface area contributed by atoms with Crippen LogP contribution in [0.2, 0.25) is 18.1 Å². The van der Waals surface area contributed by atoms with Crippen LogP contribution in [0.25, 0.3) is 0 Å². The molecule has 1 N–H and O–H groups in total. The number of hydrogen-bond acceptors (Lipinski definition) is 2. The van der Waals surface area contributed by atoms with Crippen molar-refractivity contribution < 1.29 is 9.53 Å². The fourth-order valence-corrected chi connectivity index (χ4v) is 4.44. The molecule has 0 aromatic carbocycles. The van der Waals surface area contributed by atoms with Crippen molar-refractivity contribution in [2.45, 2.75) is 110 Å². The lowest BCUT2D eigenvalue weighted by Gasteiger charge is -2.37. The molecule has 0 aliphatic heterocycles. The first kappa shape index (κ1) is 24.7. The smallest absolute Gasteiger partial charge is 0.192 e. The van der Waals surface area contributed by atoms with Crippen LogP contribution in [0, 0.1) is 11.8 Å². The van der Waals surface area contributed by atoms with Crippen molar-refractivity contribution in [3.05, 3.63) is 23.8 Å². The van der Waals surface area contributed by atoms with Gasteiger partial charge in [-0.15, -0.1) is 0 Å². The van der Waals surface area contributed by atoms with Crippen molar-refractivity contribution >= 4 is 8.32 Å². The first-order valence-electron chi connectivity index (χ1n) is 11.3. The number of rotatable bonds is 10. The van der Waals surface area contributed by atoms with E-state index in [-0.39, 0.29) is 17.1 Å². The number of aliphatic hydroxyl groups excluding tert-OH is 1. The molecular formula is C24H46O2Si. The van der Waals surface area contributed by atoms with Crippen LogP contribution in [0.3, 0.4) is 0 Å². The van der Waals surface area contributed by atoms with Crippen molar-refractivity contribution in [2.75, 3.05) is 6.61 Å². The van der Waals surface area contributed by atoms with Gasteiger partial charge in [-0.25, -0.2) is 0 Å². The molecule has 1 aliphatic carbocycles. The molecule has 0 unspecified atom stereocenters. The zero-order valence-electron chi connectivity index (χ0n) is 19.2. The van der Waals surface area contributed by atoms with Gasteiger partial charge in [0.25, 0.3) is 0 Å². The minimum absolute atomic E-state index is 0.199. The summed E-state index contributed by atoms with van der Waals surface area (Å²) < 4.78 is 6.51. The van der Waals surface area contributed by atoms with E-state index in [0.29, 0.717) is 12.5 Å². The molecule has 1 rings (SSSR count). The third-order valence-electron chi connectivity index (χ3n) is 6.62. The Balaban J connectivity index is 2.83. The molecule has 1 aliphatic rings. The third-order valence-corrected chi connectivity index (χ3v) is 11.1. The summed E-state index contributed by atoms with van der Waals surface area (Å²) in [5, 5.41) is 11.3. The monoisotopic (exact) mass is 394 g/mol. The van der Waals surface area contributed by atoms with Crippen LogP contribution in [-0.4, -0.2) is 26.1 Å². The molecule has 0 heterocycles. The second-order valence-corrected chi connectivity index (χ2v) is 14.9. The topological polar surface area (TPSA) is 29.5 Å². The van der Waals surface area contributed by atoms with Gasteiger partial charge in [0.2, 0.25) is 0 Å². The molecule has 2 atom stereocenters. The van der Waals surface area contributed by atoms with Crippen LogP contribution in [0.15, 0.2) is 23.8 Å². The molecule has 0 spiro atoms. The third kappa shape index (κ3) is 8.66. The summed E-state index contributed by atoms with van der Waals surface area (Å²) in [5.74, 6) is 0.892. The maximum Gasteiger partial charge on any atom is 0.192 e. The highest BCUT2D eigenvalue weighted by Gasteiger charge is 2.37. The van der Waals surface area contributed by atoms with Gasteiger partial charge in [-0.05, 0) is 67.6 Å². The second kappa shape index (κ2) is 11.6. The summed E-state index contributed by atoms with van der Waals surface area (Å²) in [4.78, 5) is 0. The van der Waals surface area contributed by atoms with Gasteiger partial charge >= 0.3 is 0 Å². The Morgan fingerprint density at radius 2 is 1.78 bits per heavy atom. The Morgan fingerprint density at radius 3 is 2.33 bits per heavy atom. The minimum atomic E-state index is -1.81. The highest BCUT2D eigenvalue weighted by atomic mass is 28.4. The fraction of sp³-hybridized carbons (Fsp3) is 0.833. The normalized spacial score (nSPS) is 20.2. The lowest BCUT2D eigenvalue weighted by molar-refractivity contribution is 0.130. The van der Waals surface area contributed by atoms with E-state index in [1.165, 1.54) is 32.1 Å². The zero-order chi connectivity index (χ0) is 20.5. The van der Waals surface area contributed by atoms with Crippen molar-refractivity contribution in [1.29, 1.82) is 0 Å². The molecule has 3 heteroatoms. The Kier molecular flexibility index (Phi) is 10.6. The van der Waals surface area contributed by atoms with Gasteiger partial charge in [0, 0.05) is 0 Å². The van der Waals surface area contributed by atoms with E-state index in [2.05, 4.69) is 65.9 Å². The van der Waals surface area contributed by atoms with Crippen molar-refractivity contribution in [3.63, 3.8) is 0 Å². The van der Waals surface area contributed by atoms with E-state index in [0.717, 1.165) is 24.8 Å². The summed E-state index contributed by atoms with van der Waals surface area (Å²) in [7, 11) is -1.81. The van der Waals surface area contributed by atoms with Crippen LogP contribution in [0.4, 0.5) is 0 Å². The Labute approximate surface area is 170 Å². The Hall–Kier alpha value is -0.383. The SMILES string of the molecule is CC/C=C\CC[C@H](C)[C@H](O)/C(=C/C1CCCCC1)CO[Si](C)(C)C(C)(C)C. The molecule has 0 radical (unpaired) electrons. The van der Waals surface area contributed by atoms with Gasteiger partial charge < -0.3 is 9.53 Å². The van der Waals surface area contributed by atoms with Gasteiger partial charge in [-0.2, -0.15) is 0 Å². The summed E-state index contributed by atoms with van der Waals surface area (Å²) in [6.45, 7) is 16.4. The summed E-state index contributed by atoms with van der Waals surface area (Å²) in [6, 6.07) is 0. The maximum atomic E-state index is 11.1. The van der Waals surface area contributed by atoms with E-state index in [1.54, 1.807) is 0 Å². The van der Waals surface area contributed by atoms with E-state index < -0.39 is 8.32 Å². The average molecular weight is 395 g/mol. The lowest BCUT2D eigenvalue weighted by atomic mass is 9.85. The minimum Gasteiger partial charge on any atom is -0.413 e. The zero-order valence-corrected chi connectivity index (χ0v) is 20.2. The van der Waals surface area contributed by atoms with Crippen LogP contribution in [-0.2, 0) is 4.43 Å². The first-order valence-corrected chi connectivity index (χ1v) is 14.2. The standard InChI is InChI=1S/C24H46O2Si/c1-8-9-10-12-15-20(2)23(25)22(18-21-16-13-11-14-17-21)19-26-27(6,7)24(3,4)5/h9-10,18,20-21,23,25H,8,11-17,19H2,1-7H3/b10-9-,22-18+/t20-,23-/m0/s1. The van der Waals surface area contributed by atoms with Gasteiger partial charge in [0.1, 0.15) is 0 Å². The molecule has 0 aromatic heterocycles. The predicted octanol–water partition coefficient (Wildman–Crippen LogP) is 7.26. The van der Waals surface area contributed by atoms with Crippen LogP contribution < -0.4 is 0 Å². The van der Waals surface area contributed by atoms with Gasteiger partial charge in [-0.3, -0.25) is 0 Å². The molecule has 0 bridgehead atoms. The molecule has 1 saturated carbocycles. The Bertz CT molecular complexity index is 467. The molecule has 0 amide bonds. The number of hydrogen-bond donors (Lipinski definition) is 1. The maximum absolute atomic E-state index is 11.1. The quantitative estimate of drug-likeness (QED) is 0.312. The molecule has 0 saturated heterocycles. The van der Waals surface area contributed by atoms with Gasteiger partial charge in [0.05, 0.1) is 12.7 Å². The van der Waals surface area contributed by atoms with E-state index in [9.17, 15) is 5.11 Å². The van der Waals surface area contributed by atoms with E-state index in [4.69, 9.17) is 4.43 Å². The molecular weight excluding hydrogens is 348 g/mol. The fourth-order valence-electron chi connectivity index (χ4n) is 3.48. The van der Waals surface area contributed by atoms with Crippen LogP contribution in [0.5, 0.6) is 0 Å². The Morgan fingerprint density at radius 1 is 1.15 bits per heavy atom. The van der Waals surface area contributed by atoms with E-state index >= 15 is 0 Å². The lowest BCUT2D eigenvalue weighted by Crippen LogP contribution is -2.42. The van der Waals surface area contributed by atoms with Gasteiger partial charge in [0.15, 0.2) is 8.32 Å². The van der Waals surface area contributed by atoms with Crippen molar-refractivity contribution in [3.8, 4) is 0 Å². The molecule has 0 aromatic rings. The summed E-state index contributed by atoms with van der Waals surface area (Å²) >= 11 is 0. The highest BCUT2D eigenvalue weighted by molar-refractivity contribution is 6.74. The van der Waals surface area contributed by atoms with Crippen molar-refractivity contribution in [2.24, 2.45) is 11.8 Å². The molecule has 2 nitrogen and oxygen atoms in total. The molecule has 27 heavy (non-hydrogen) atoms. The first-order chi connectivity index (χ1) is 12.6. The van der Waals surface area contributed by atoms with E-state index in [1.807, 2.05) is 0 Å². The second-order valence-electron chi connectivity index (χ2n) is 10.1. The molecule has 158 valence electrons. The predicted molar refractivity (Wildman–Crippen MR) is 122 cm³/mol. The number of allylic oxidation sites excluding steroid dienone is 3. The van der Waals surface area contributed by atoms with Gasteiger partial charge in [-0.1, -0.05) is 72.1 Å². The van der Waals surface area contributed by atoms with Crippen LogP contribution >= 0.6 is 0 Å². The highest BCUT2D eigenvalue weighted by Crippen LogP contribution is 2.37. The summed E-state index contributed by atoms with van der Waals surface area (Å²) in [5.41, 5.74) is 1.14. The largest absolute Gasteiger partial charge is 0.413 e. The summed E-state index contributed by atoms with van der Waals surface area (Å²) in [6.07, 6.45) is 16.2. The average Bonchev–Trinajstić information content (AvgIpc) is 2.61. The van der Waals surface area contributed by atoms with Crippen LogP contribution in [0.1, 0.15) is 86.0 Å². The van der Waals surface area contributed by atoms with Crippen molar-refractivity contribution in [1.82, 2.24) is 0 Å². The number of aliphatic hydroxyl groups is 1. The molecule has 1 fully saturated rings.